The van der Waals surface area contributed by atoms with Crippen LogP contribution in [-0.2, 0) is 0 Å². The molecule has 7 heteroatoms. The number of fused-ring (bicyclic) bond motifs is 1. The molecule has 148 valence electrons. The number of pyridine rings is 1. The zero-order chi connectivity index (χ0) is 20.0. The summed E-state index contributed by atoms with van der Waals surface area (Å²) in [5, 5.41) is 14.7. The second-order valence-corrected chi connectivity index (χ2v) is 8.28. The van der Waals surface area contributed by atoms with Crippen LogP contribution in [-0.4, -0.2) is 28.3 Å². The summed E-state index contributed by atoms with van der Waals surface area (Å²) in [4.78, 5) is 18.3. The second-order valence-electron chi connectivity index (χ2n) is 7.85. The van der Waals surface area contributed by atoms with Gasteiger partial charge in [0.1, 0.15) is 12.0 Å². The number of carbonyl (C=O) groups excluding carboxylic acids is 1. The van der Waals surface area contributed by atoms with Gasteiger partial charge in [0.15, 0.2) is 0 Å². The zero-order valence-corrected chi connectivity index (χ0v) is 16.7. The predicted octanol–water partition coefficient (Wildman–Crippen LogP) is 3.56. The van der Waals surface area contributed by atoms with E-state index in [-0.39, 0.29) is 18.0 Å². The number of amides is 1. The zero-order valence-electron chi connectivity index (χ0n) is 16.0. The SMILES string of the molecule is CC(O)N1c2ccc(C(N)=O)cc2[C@H](Nc2ccc(Cl)cn2)[C@@H](C)[C@@H]1C1CC1. The lowest BCUT2D eigenvalue weighted by atomic mass is 9.79. The molecule has 4 rings (SSSR count). The molecule has 1 aromatic heterocycles. The van der Waals surface area contributed by atoms with Crippen molar-refractivity contribution in [2.24, 2.45) is 17.6 Å². The molecule has 6 nitrogen and oxygen atoms in total. The number of rotatable bonds is 5. The molecule has 1 amide bonds. The Bertz CT molecular complexity index is 882. The summed E-state index contributed by atoms with van der Waals surface area (Å²) < 4.78 is 0. The van der Waals surface area contributed by atoms with Crippen molar-refractivity contribution in [3.8, 4) is 0 Å². The van der Waals surface area contributed by atoms with Crippen LogP contribution >= 0.6 is 11.6 Å². The maximum atomic E-state index is 11.8. The first-order chi connectivity index (χ1) is 13.4. The van der Waals surface area contributed by atoms with Gasteiger partial charge in [-0.05, 0) is 61.6 Å². The van der Waals surface area contributed by atoms with Gasteiger partial charge in [-0.1, -0.05) is 18.5 Å². The number of primary amides is 1. The molecule has 0 saturated heterocycles. The van der Waals surface area contributed by atoms with E-state index in [4.69, 9.17) is 17.3 Å². The summed E-state index contributed by atoms with van der Waals surface area (Å²) >= 11 is 5.97. The Morgan fingerprint density at radius 3 is 2.68 bits per heavy atom. The Hall–Kier alpha value is -2.31. The van der Waals surface area contributed by atoms with E-state index in [0.717, 1.165) is 17.1 Å². The second kappa shape index (κ2) is 7.26. The minimum absolute atomic E-state index is 0.0661. The van der Waals surface area contributed by atoms with Crippen molar-refractivity contribution < 1.29 is 9.90 Å². The first-order valence-corrected chi connectivity index (χ1v) is 10.0. The lowest BCUT2D eigenvalue weighted by molar-refractivity contribution is 0.1000. The molecule has 4 N–H and O–H groups in total. The maximum absolute atomic E-state index is 11.8. The van der Waals surface area contributed by atoms with Crippen molar-refractivity contribution in [3.05, 3.63) is 52.7 Å². The molecule has 1 saturated carbocycles. The topological polar surface area (TPSA) is 91.5 Å². The Morgan fingerprint density at radius 1 is 1.36 bits per heavy atom. The lowest BCUT2D eigenvalue weighted by Crippen LogP contribution is -2.52. The van der Waals surface area contributed by atoms with E-state index in [0.29, 0.717) is 16.5 Å². The number of aliphatic hydroxyl groups excluding tert-OH is 1. The van der Waals surface area contributed by atoms with Crippen molar-refractivity contribution in [3.63, 3.8) is 0 Å². The smallest absolute Gasteiger partial charge is 0.248 e. The van der Waals surface area contributed by atoms with E-state index in [1.165, 1.54) is 12.8 Å². The number of aliphatic hydroxyl groups is 1. The molecule has 28 heavy (non-hydrogen) atoms. The molecule has 0 bridgehead atoms. The summed E-state index contributed by atoms with van der Waals surface area (Å²) in [7, 11) is 0. The first kappa shape index (κ1) is 19.0. The van der Waals surface area contributed by atoms with Crippen LogP contribution in [0.4, 0.5) is 11.5 Å². The van der Waals surface area contributed by atoms with Crippen LogP contribution in [0, 0.1) is 11.8 Å². The van der Waals surface area contributed by atoms with Gasteiger partial charge in [-0.25, -0.2) is 4.98 Å². The molecule has 1 fully saturated rings. The van der Waals surface area contributed by atoms with Crippen LogP contribution in [0.25, 0.3) is 0 Å². The maximum Gasteiger partial charge on any atom is 0.248 e. The Labute approximate surface area is 169 Å². The molecule has 1 aromatic carbocycles. The van der Waals surface area contributed by atoms with Gasteiger partial charge in [0.25, 0.3) is 0 Å². The van der Waals surface area contributed by atoms with Gasteiger partial charge < -0.3 is 21.1 Å². The van der Waals surface area contributed by atoms with Crippen LogP contribution in [0.2, 0.25) is 5.02 Å². The highest BCUT2D eigenvalue weighted by Gasteiger charge is 2.47. The number of aromatic nitrogens is 1. The van der Waals surface area contributed by atoms with Gasteiger partial charge in [-0.3, -0.25) is 4.79 Å². The molecule has 1 aliphatic heterocycles. The van der Waals surface area contributed by atoms with Crippen molar-refractivity contribution >= 4 is 29.0 Å². The monoisotopic (exact) mass is 400 g/mol. The van der Waals surface area contributed by atoms with E-state index >= 15 is 0 Å². The molecule has 0 spiro atoms. The predicted molar refractivity (Wildman–Crippen MR) is 110 cm³/mol. The number of halogens is 1. The summed E-state index contributed by atoms with van der Waals surface area (Å²) in [5.41, 5.74) is 7.86. The fourth-order valence-electron chi connectivity index (χ4n) is 4.46. The summed E-state index contributed by atoms with van der Waals surface area (Å²) in [6.07, 6.45) is 3.32. The van der Waals surface area contributed by atoms with E-state index in [1.807, 2.05) is 18.2 Å². The van der Waals surface area contributed by atoms with Crippen LogP contribution < -0.4 is 16.0 Å². The van der Waals surface area contributed by atoms with Crippen molar-refractivity contribution in [2.45, 2.75) is 45.0 Å². The van der Waals surface area contributed by atoms with Gasteiger partial charge in [-0.15, -0.1) is 0 Å². The number of hydrogen-bond donors (Lipinski definition) is 3. The molecular weight excluding hydrogens is 376 g/mol. The van der Waals surface area contributed by atoms with Gasteiger partial charge in [0.05, 0.1) is 11.1 Å². The Kier molecular flexibility index (Phi) is 4.93. The van der Waals surface area contributed by atoms with E-state index in [9.17, 15) is 9.90 Å². The molecule has 1 aliphatic carbocycles. The fourth-order valence-corrected chi connectivity index (χ4v) is 4.57. The van der Waals surface area contributed by atoms with E-state index < -0.39 is 12.1 Å². The highest BCUT2D eigenvalue weighted by Crippen LogP contribution is 2.50. The third-order valence-electron chi connectivity index (χ3n) is 5.85. The molecule has 1 unspecified atom stereocenters. The third kappa shape index (κ3) is 3.42. The van der Waals surface area contributed by atoms with Crippen LogP contribution in [0.15, 0.2) is 36.5 Å². The van der Waals surface area contributed by atoms with Crippen molar-refractivity contribution in [1.29, 1.82) is 0 Å². The van der Waals surface area contributed by atoms with Crippen LogP contribution in [0.1, 0.15) is 48.7 Å². The van der Waals surface area contributed by atoms with Gasteiger partial charge in [-0.2, -0.15) is 0 Å². The summed E-state index contributed by atoms with van der Waals surface area (Å²) in [6, 6.07) is 9.24. The van der Waals surface area contributed by atoms with E-state index in [1.54, 1.807) is 25.3 Å². The lowest BCUT2D eigenvalue weighted by Gasteiger charge is -2.48. The van der Waals surface area contributed by atoms with Crippen LogP contribution in [0.5, 0.6) is 0 Å². The standard InChI is InChI=1S/C21H25ClN4O2/c1-11-19(25-18-8-6-15(22)10-24-18)16-9-14(21(23)28)5-7-17(16)26(12(2)27)20(11)13-3-4-13/h5-13,19-20,27H,3-4H2,1-2H3,(H2,23,28)(H,24,25)/t11-,12?,19-,20-/m1/s1. The molecule has 2 aromatic rings. The molecular formula is C21H25ClN4O2. The Morgan fingerprint density at radius 2 is 2.11 bits per heavy atom. The van der Waals surface area contributed by atoms with E-state index in [2.05, 4.69) is 22.1 Å². The Balaban J connectivity index is 1.81. The van der Waals surface area contributed by atoms with Crippen molar-refractivity contribution in [1.82, 2.24) is 4.98 Å². The molecule has 2 heterocycles. The highest BCUT2D eigenvalue weighted by molar-refractivity contribution is 6.30. The fraction of sp³-hybridized carbons (Fsp3) is 0.429. The molecule has 2 aliphatic rings. The first-order valence-electron chi connectivity index (χ1n) is 9.65. The van der Waals surface area contributed by atoms with Gasteiger partial charge >= 0.3 is 0 Å². The summed E-state index contributed by atoms with van der Waals surface area (Å²) in [5.74, 6) is 0.995. The van der Waals surface area contributed by atoms with Crippen molar-refractivity contribution in [2.75, 3.05) is 10.2 Å². The minimum atomic E-state index is -0.624. The number of benzene rings is 1. The molecule has 4 atom stereocenters. The van der Waals surface area contributed by atoms with Gasteiger partial charge in [0, 0.05) is 29.4 Å². The number of hydrogen-bond acceptors (Lipinski definition) is 5. The van der Waals surface area contributed by atoms with Crippen LogP contribution in [0.3, 0.4) is 0 Å². The average Bonchev–Trinajstić information content (AvgIpc) is 3.49. The minimum Gasteiger partial charge on any atom is -0.374 e. The van der Waals surface area contributed by atoms with Gasteiger partial charge in [0.2, 0.25) is 5.91 Å². The normalized spacial score (nSPS) is 25.1. The number of anilines is 2. The number of nitrogens with one attached hydrogen (secondary N) is 1. The summed E-state index contributed by atoms with van der Waals surface area (Å²) in [6.45, 7) is 3.98. The number of nitrogens with zero attached hydrogens (tertiary/aromatic N) is 2. The highest BCUT2D eigenvalue weighted by atomic mass is 35.5. The third-order valence-corrected chi connectivity index (χ3v) is 6.07. The number of nitrogens with two attached hydrogens (primary N) is 1. The largest absolute Gasteiger partial charge is 0.374 e. The number of carbonyl (C=O) groups is 1. The average molecular weight is 401 g/mol. The quantitative estimate of drug-likeness (QED) is 0.713. The molecule has 0 radical (unpaired) electrons.